The van der Waals surface area contributed by atoms with Gasteiger partial charge in [-0.15, -0.1) is 11.8 Å². The summed E-state index contributed by atoms with van der Waals surface area (Å²) in [6.45, 7) is 2.65. The van der Waals surface area contributed by atoms with Gasteiger partial charge in [-0.05, 0) is 31.4 Å². The third-order valence-corrected chi connectivity index (χ3v) is 2.22. The van der Waals surface area contributed by atoms with Crippen molar-refractivity contribution < 1.29 is 4.74 Å². The Labute approximate surface area is 83.0 Å². The van der Waals surface area contributed by atoms with Gasteiger partial charge in [-0.3, -0.25) is 4.98 Å². The molecule has 0 aliphatic carbocycles. The molecule has 1 rings (SSSR count). The molecule has 0 aromatic carbocycles. The fraction of sp³-hybridized carbons (Fsp3) is 0.300. The van der Waals surface area contributed by atoms with E-state index >= 15 is 0 Å². The summed E-state index contributed by atoms with van der Waals surface area (Å²) in [6.07, 6.45) is 7.39. The molecule has 0 saturated heterocycles. The van der Waals surface area contributed by atoms with Crippen LogP contribution in [0, 0.1) is 0 Å². The zero-order valence-corrected chi connectivity index (χ0v) is 8.67. The molecular weight excluding hydrogens is 182 g/mol. The highest BCUT2D eigenvalue weighted by Gasteiger charge is 1.91. The third kappa shape index (κ3) is 3.51. The van der Waals surface area contributed by atoms with E-state index in [9.17, 15) is 0 Å². The molecule has 0 saturated carbocycles. The predicted molar refractivity (Wildman–Crippen MR) is 56.7 cm³/mol. The second-order valence-corrected chi connectivity index (χ2v) is 3.26. The van der Waals surface area contributed by atoms with Gasteiger partial charge >= 0.3 is 0 Å². The number of thioether (sulfide) groups is 1. The van der Waals surface area contributed by atoms with Gasteiger partial charge in [0, 0.05) is 11.1 Å². The van der Waals surface area contributed by atoms with Gasteiger partial charge in [0.05, 0.1) is 18.6 Å². The molecule has 0 atom stereocenters. The molecule has 0 radical (unpaired) electrons. The van der Waals surface area contributed by atoms with Crippen LogP contribution in [0.3, 0.4) is 0 Å². The molecule has 0 spiro atoms. The van der Waals surface area contributed by atoms with Crippen LogP contribution in [-0.2, 0) is 4.74 Å². The maximum Gasteiger partial charge on any atom is 0.0850 e. The molecule has 1 aromatic heterocycles. The Balaban J connectivity index is 2.66. The average Bonchev–Trinajstić information content (AvgIpc) is 2.19. The van der Waals surface area contributed by atoms with E-state index in [1.807, 2.05) is 31.4 Å². The fourth-order valence-corrected chi connectivity index (χ4v) is 1.30. The maximum atomic E-state index is 5.08. The molecule has 3 heteroatoms. The molecule has 1 heterocycles. The van der Waals surface area contributed by atoms with Crippen molar-refractivity contribution in [3.8, 4) is 0 Å². The monoisotopic (exact) mass is 195 g/mol. The molecule has 70 valence electrons. The topological polar surface area (TPSA) is 22.1 Å². The van der Waals surface area contributed by atoms with Crippen LogP contribution >= 0.6 is 11.8 Å². The third-order valence-electron chi connectivity index (χ3n) is 1.49. The molecule has 0 fully saturated rings. The summed E-state index contributed by atoms with van der Waals surface area (Å²) in [7, 11) is 0. The van der Waals surface area contributed by atoms with Crippen molar-refractivity contribution in [1.29, 1.82) is 0 Å². The summed E-state index contributed by atoms with van der Waals surface area (Å²) < 4.78 is 5.08. The number of hydrogen-bond acceptors (Lipinski definition) is 3. The van der Waals surface area contributed by atoms with Gasteiger partial charge < -0.3 is 4.74 Å². The van der Waals surface area contributed by atoms with Crippen LogP contribution in [0.15, 0.2) is 29.5 Å². The molecule has 0 aliphatic heterocycles. The van der Waals surface area contributed by atoms with Gasteiger partial charge in [0.1, 0.15) is 0 Å². The first-order valence-electron chi connectivity index (χ1n) is 4.15. The van der Waals surface area contributed by atoms with E-state index in [2.05, 4.69) is 4.98 Å². The first-order valence-corrected chi connectivity index (χ1v) is 5.37. The van der Waals surface area contributed by atoms with Crippen LogP contribution in [0.2, 0.25) is 0 Å². The first kappa shape index (κ1) is 10.1. The van der Waals surface area contributed by atoms with Crippen LogP contribution in [0.4, 0.5) is 0 Å². The van der Waals surface area contributed by atoms with E-state index in [0.29, 0.717) is 6.61 Å². The second-order valence-electron chi connectivity index (χ2n) is 2.38. The quantitative estimate of drug-likeness (QED) is 0.545. The second kappa shape index (κ2) is 5.65. The smallest absolute Gasteiger partial charge is 0.0850 e. The average molecular weight is 195 g/mol. The summed E-state index contributed by atoms with van der Waals surface area (Å²) in [4.78, 5) is 5.39. The Morgan fingerprint density at radius 1 is 1.62 bits per heavy atom. The van der Waals surface area contributed by atoms with Crippen molar-refractivity contribution in [2.75, 3.05) is 12.9 Å². The summed E-state index contributed by atoms with van der Waals surface area (Å²) >= 11 is 1.71. The highest BCUT2D eigenvalue weighted by atomic mass is 32.2. The maximum absolute atomic E-state index is 5.08. The van der Waals surface area contributed by atoms with Crippen molar-refractivity contribution in [3.05, 3.63) is 30.3 Å². The zero-order chi connectivity index (χ0) is 9.52. The van der Waals surface area contributed by atoms with Crippen LogP contribution < -0.4 is 0 Å². The van der Waals surface area contributed by atoms with E-state index in [0.717, 1.165) is 5.69 Å². The van der Waals surface area contributed by atoms with Gasteiger partial charge in [0.15, 0.2) is 0 Å². The van der Waals surface area contributed by atoms with E-state index in [-0.39, 0.29) is 0 Å². The summed E-state index contributed by atoms with van der Waals surface area (Å²) in [5.74, 6) is 0. The Morgan fingerprint density at radius 3 is 3.15 bits per heavy atom. The van der Waals surface area contributed by atoms with Gasteiger partial charge in [0.2, 0.25) is 0 Å². The number of ether oxygens (including phenoxy) is 1. The lowest BCUT2D eigenvalue weighted by Gasteiger charge is -1.97. The van der Waals surface area contributed by atoms with Crippen LogP contribution in [-0.4, -0.2) is 17.8 Å². The Kier molecular flexibility index (Phi) is 4.40. The van der Waals surface area contributed by atoms with Crippen molar-refractivity contribution >= 4 is 17.8 Å². The minimum Gasteiger partial charge on any atom is -0.501 e. The van der Waals surface area contributed by atoms with E-state index in [1.165, 1.54) is 4.90 Å². The number of nitrogens with zero attached hydrogens (tertiary/aromatic N) is 1. The van der Waals surface area contributed by atoms with E-state index in [1.54, 1.807) is 24.2 Å². The largest absolute Gasteiger partial charge is 0.501 e. The van der Waals surface area contributed by atoms with Crippen LogP contribution in [0.25, 0.3) is 6.08 Å². The lowest BCUT2D eigenvalue weighted by atomic mass is 10.3. The zero-order valence-electron chi connectivity index (χ0n) is 7.86. The van der Waals surface area contributed by atoms with Crippen molar-refractivity contribution in [1.82, 2.24) is 4.98 Å². The minimum absolute atomic E-state index is 0.693. The minimum atomic E-state index is 0.693. The highest BCUT2D eigenvalue weighted by Crippen LogP contribution is 2.14. The molecule has 1 aromatic rings. The highest BCUT2D eigenvalue weighted by molar-refractivity contribution is 7.98. The number of pyridine rings is 1. The van der Waals surface area contributed by atoms with Gasteiger partial charge in [0.25, 0.3) is 0 Å². The lowest BCUT2D eigenvalue weighted by Crippen LogP contribution is -1.82. The summed E-state index contributed by atoms with van der Waals surface area (Å²) in [6, 6.07) is 4.02. The number of aromatic nitrogens is 1. The lowest BCUT2D eigenvalue weighted by molar-refractivity contribution is 0.272. The number of hydrogen-bond donors (Lipinski definition) is 0. The Bertz CT molecular complexity index is 286. The standard InChI is InChI=1S/C10H13NOS/c1-3-12-7-5-9-8-10(13-2)4-6-11-9/h4-8H,3H2,1-2H3/b7-5+. The predicted octanol–water partition coefficient (Wildman–Crippen LogP) is 2.81. The fourth-order valence-electron chi connectivity index (χ4n) is 0.860. The summed E-state index contributed by atoms with van der Waals surface area (Å²) in [5.41, 5.74) is 0.931. The Hall–Kier alpha value is -0.960. The molecule has 0 unspecified atom stereocenters. The van der Waals surface area contributed by atoms with Crippen molar-refractivity contribution in [2.24, 2.45) is 0 Å². The molecular formula is C10H13NOS. The van der Waals surface area contributed by atoms with Crippen molar-refractivity contribution in [2.45, 2.75) is 11.8 Å². The Morgan fingerprint density at radius 2 is 2.46 bits per heavy atom. The normalized spacial score (nSPS) is 10.6. The van der Waals surface area contributed by atoms with Gasteiger partial charge in [-0.2, -0.15) is 0 Å². The summed E-state index contributed by atoms with van der Waals surface area (Å²) in [5, 5.41) is 0. The molecule has 0 N–H and O–H groups in total. The van der Waals surface area contributed by atoms with Crippen LogP contribution in [0.5, 0.6) is 0 Å². The SMILES string of the molecule is CCO/C=C/c1cc(SC)ccn1. The van der Waals surface area contributed by atoms with Crippen molar-refractivity contribution in [3.63, 3.8) is 0 Å². The molecule has 0 bridgehead atoms. The molecule has 13 heavy (non-hydrogen) atoms. The first-order chi connectivity index (χ1) is 6.36. The molecule has 0 aliphatic rings. The molecule has 2 nitrogen and oxygen atoms in total. The van der Waals surface area contributed by atoms with E-state index < -0.39 is 0 Å². The van der Waals surface area contributed by atoms with Crippen LogP contribution in [0.1, 0.15) is 12.6 Å². The molecule has 0 amide bonds. The van der Waals surface area contributed by atoms with Gasteiger partial charge in [-0.1, -0.05) is 0 Å². The van der Waals surface area contributed by atoms with Gasteiger partial charge in [-0.25, -0.2) is 0 Å². The van der Waals surface area contributed by atoms with E-state index in [4.69, 9.17) is 4.74 Å². The number of rotatable bonds is 4.